The fourth-order valence-electron chi connectivity index (χ4n) is 1.37. The van der Waals surface area contributed by atoms with Gasteiger partial charge in [-0.1, -0.05) is 30.3 Å². The molecule has 2 atom stereocenters. The Hall–Kier alpha value is -1.84. The molecule has 0 spiro atoms. The summed E-state index contributed by atoms with van der Waals surface area (Å²) in [6.45, 7) is 3.23. The summed E-state index contributed by atoms with van der Waals surface area (Å²) in [6, 6.07) is 9.26. The Balaban J connectivity index is 2.62. The van der Waals surface area contributed by atoms with Crippen LogP contribution >= 0.6 is 0 Å². The van der Waals surface area contributed by atoms with Gasteiger partial charge in [-0.2, -0.15) is 0 Å². The van der Waals surface area contributed by atoms with Crippen molar-refractivity contribution in [3.63, 3.8) is 0 Å². The van der Waals surface area contributed by atoms with Crippen molar-refractivity contribution < 1.29 is 19.1 Å². The van der Waals surface area contributed by atoms with Gasteiger partial charge in [0.2, 0.25) is 0 Å². The lowest BCUT2D eigenvalue weighted by atomic mass is 10.0. The average Bonchev–Trinajstić information content (AvgIpc) is 2.37. The van der Waals surface area contributed by atoms with Crippen LogP contribution in [0, 0.1) is 0 Å². The SMILES string of the molecule is COC(=O)C(C)OC(=O)C(C)c1ccccc1. The number of carbonyl (C=O) groups excluding carboxylic acids is 2. The summed E-state index contributed by atoms with van der Waals surface area (Å²) in [7, 11) is 1.26. The normalized spacial score (nSPS) is 13.6. The summed E-state index contributed by atoms with van der Waals surface area (Å²) in [4.78, 5) is 22.9. The van der Waals surface area contributed by atoms with Gasteiger partial charge in [-0.15, -0.1) is 0 Å². The van der Waals surface area contributed by atoms with Gasteiger partial charge < -0.3 is 9.47 Å². The third-order valence-corrected chi connectivity index (χ3v) is 2.48. The van der Waals surface area contributed by atoms with Crippen LogP contribution < -0.4 is 0 Å². The first kappa shape index (κ1) is 13.2. The molecule has 0 fully saturated rings. The zero-order chi connectivity index (χ0) is 12.8. The second-order valence-electron chi connectivity index (χ2n) is 3.73. The molecule has 0 bridgehead atoms. The summed E-state index contributed by atoms with van der Waals surface area (Å²) in [5.41, 5.74) is 0.856. The predicted molar refractivity (Wildman–Crippen MR) is 62.4 cm³/mol. The molecule has 0 aliphatic carbocycles. The van der Waals surface area contributed by atoms with Crippen molar-refractivity contribution >= 4 is 11.9 Å². The lowest BCUT2D eigenvalue weighted by molar-refractivity contribution is -0.165. The Labute approximate surface area is 101 Å². The van der Waals surface area contributed by atoms with Gasteiger partial charge in [-0.05, 0) is 19.4 Å². The summed E-state index contributed by atoms with van der Waals surface area (Å²) in [5.74, 6) is -1.39. The molecule has 1 aromatic carbocycles. The highest BCUT2D eigenvalue weighted by Gasteiger charge is 2.23. The van der Waals surface area contributed by atoms with Crippen molar-refractivity contribution in [2.75, 3.05) is 7.11 Å². The molecule has 1 rings (SSSR count). The van der Waals surface area contributed by atoms with Crippen LogP contribution in [0.3, 0.4) is 0 Å². The van der Waals surface area contributed by atoms with E-state index in [2.05, 4.69) is 4.74 Å². The molecular weight excluding hydrogens is 220 g/mol. The molecule has 0 aromatic heterocycles. The van der Waals surface area contributed by atoms with Crippen LogP contribution in [0.4, 0.5) is 0 Å². The van der Waals surface area contributed by atoms with E-state index in [1.807, 2.05) is 30.3 Å². The van der Waals surface area contributed by atoms with Gasteiger partial charge >= 0.3 is 11.9 Å². The molecule has 0 amide bonds. The Morgan fingerprint density at radius 1 is 1.06 bits per heavy atom. The summed E-state index contributed by atoms with van der Waals surface area (Å²) >= 11 is 0. The minimum atomic E-state index is -0.876. The average molecular weight is 236 g/mol. The number of methoxy groups -OCH3 is 1. The molecule has 0 saturated carbocycles. The first-order chi connectivity index (χ1) is 8.06. The third-order valence-electron chi connectivity index (χ3n) is 2.48. The van der Waals surface area contributed by atoms with Gasteiger partial charge in [0.25, 0.3) is 0 Å². The van der Waals surface area contributed by atoms with Crippen molar-refractivity contribution in [3.05, 3.63) is 35.9 Å². The molecule has 0 saturated heterocycles. The molecule has 0 radical (unpaired) electrons. The molecule has 0 N–H and O–H groups in total. The van der Waals surface area contributed by atoms with Crippen molar-refractivity contribution in [1.82, 2.24) is 0 Å². The lowest BCUT2D eigenvalue weighted by Crippen LogP contribution is -2.27. The number of benzene rings is 1. The number of carbonyl (C=O) groups is 2. The van der Waals surface area contributed by atoms with Crippen LogP contribution in [-0.4, -0.2) is 25.2 Å². The maximum atomic E-state index is 11.7. The lowest BCUT2D eigenvalue weighted by Gasteiger charge is -2.15. The second-order valence-corrected chi connectivity index (χ2v) is 3.73. The minimum absolute atomic E-state index is 0.400. The number of rotatable bonds is 4. The number of hydrogen-bond acceptors (Lipinski definition) is 4. The van der Waals surface area contributed by atoms with E-state index in [0.717, 1.165) is 5.56 Å². The van der Waals surface area contributed by atoms with Gasteiger partial charge in [-0.25, -0.2) is 4.79 Å². The molecule has 0 heterocycles. The van der Waals surface area contributed by atoms with Gasteiger partial charge in [-0.3, -0.25) is 4.79 Å². The smallest absolute Gasteiger partial charge is 0.346 e. The zero-order valence-electron chi connectivity index (χ0n) is 10.2. The quantitative estimate of drug-likeness (QED) is 0.749. The Bertz CT molecular complexity index is 386. The minimum Gasteiger partial charge on any atom is -0.466 e. The maximum absolute atomic E-state index is 11.7. The van der Waals surface area contributed by atoms with E-state index in [9.17, 15) is 9.59 Å². The highest BCUT2D eigenvalue weighted by atomic mass is 16.6. The van der Waals surface area contributed by atoms with Crippen LogP contribution in [-0.2, 0) is 19.1 Å². The third kappa shape index (κ3) is 3.59. The van der Waals surface area contributed by atoms with Gasteiger partial charge in [0.05, 0.1) is 13.0 Å². The Kier molecular flexibility index (Phi) is 4.69. The molecule has 17 heavy (non-hydrogen) atoms. The van der Waals surface area contributed by atoms with Crippen molar-refractivity contribution in [2.45, 2.75) is 25.9 Å². The largest absolute Gasteiger partial charge is 0.466 e. The van der Waals surface area contributed by atoms with E-state index in [1.165, 1.54) is 14.0 Å². The fraction of sp³-hybridized carbons (Fsp3) is 0.385. The van der Waals surface area contributed by atoms with Crippen LogP contribution in [0.25, 0.3) is 0 Å². The second kappa shape index (κ2) is 6.03. The predicted octanol–water partition coefficient (Wildman–Crippen LogP) is 1.89. The van der Waals surface area contributed by atoms with Crippen molar-refractivity contribution in [2.24, 2.45) is 0 Å². The van der Waals surface area contributed by atoms with E-state index >= 15 is 0 Å². The van der Waals surface area contributed by atoms with Crippen LogP contribution in [0.5, 0.6) is 0 Å². The Morgan fingerprint density at radius 3 is 2.18 bits per heavy atom. The maximum Gasteiger partial charge on any atom is 0.346 e. The number of ether oxygens (including phenoxy) is 2. The summed E-state index contributed by atoms with van der Waals surface area (Å²) < 4.78 is 9.49. The van der Waals surface area contributed by atoms with E-state index in [1.54, 1.807) is 6.92 Å². The number of esters is 2. The van der Waals surface area contributed by atoms with Gasteiger partial charge in [0, 0.05) is 0 Å². The summed E-state index contributed by atoms with van der Waals surface area (Å²) in [6.07, 6.45) is -0.876. The van der Waals surface area contributed by atoms with E-state index in [-0.39, 0.29) is 0 Å². The molecule has 92 valence electrons. The molecule has 1 aromatic rings. The zero-order valence-corrected chi connectivity index (χ0v) is 10.2. The van der Waals surface area contributed by atoms with E-state index in [4.69, 9.17) is 4.74 Å². The summed E-state index contributed by atoms with van der Waals surface area (Å²) in [5, 5.41) is 0. The molecule has 4 nitrogen and oxygen atoms in total. The van der Waals surface area contributed by atoms with E-state index < -0.39 is 24.0 Å². The first-order valence-electron chi connectivity index (χ1n) is 5.39. The van der Waals surface area contributed by atoms with Gasteiger partial charge in [0.1, 0.15) is 0 Å². The molecule has 0 aliphatic heterocycles. The Morgan fingerprint density at radius 2 is 1.65 bits per heavy atom. The van der Waals surface area contributed by atoms with Gasteiger partial charge in [0.15, 0.2) is 6.10 Å². The highest BCUT2D eigenvalue weighted by molar-refractivity contribution is 5.82. The van der Waals surface area contributed by atoms with Crippen LogP contribution in [0.2, 0.25) is 0 Å². The molecular formula is C13H16O4. The molecule has 2 unspecified atom stereocenters. The van der Waals surface area contributed by atoms with Crippen LogP contribution in [0.15, 0.2) is 30.3 Å². The first-order valence-corrected chi connectivity index (χ1v) is 5.39. The standard InChI is InChI=1S/C13H16O4/c1-9(11-7-5-4-6-8-11)12(14)17-10(2)13(15)16-3/h4-10H,1-3H3. The topological polar surface area (TPSA) is 52.6 Å². The molecule has 0 aliphatic rings. The fourth-order valence-corrected chi connectivity index (χ4v) is 1.37. The highest BCUT2D eigenvalue weighted by Crippen LogP contribution is 2.17. The van der Waals surface area contributed by atoms with E-state index in [0.29, 0.717) is 0 Å². The monoisotopic (exact) mass is 236 g/mol. The van der Waals surface area contributed by atoms with Crippen LogP contribution in [0.1, 0.15) is 25.3 Å². The van der Waals surface area contributed by atoms with Crippen molar-refractivity contribution in [1.29, 1.82) is 0 Å². The molecule has 4 heteroatoms. The number of hydrogen-bond donors (Lipinski definition) is 0. The van der Waals surface area contributed by atoms with Crippen molar-refractivity contribution in [3.8, 4) is 0 Å².